The summed E-state index contributed by atoms with van der Waals surface area (Å²) in [7, 11) is 0. The van der Waals surface area contributed by atoms with Crippen LogP contribution in [-0.2, 0) is 0 Å². The summed E-state index contributed by atoms with van der Waals surface area (Å²) in [4.78, 5) is 18.1. The first kappa shape index (κ1) is 12.7. The number of benzene rings is 1. The minimum absolute atomic E-state index is 0.0450. The molecule has 0 aliphatic carbocycles. The Morgan fingerprint density at radius 1 is 1.32 bits per heavy atom. The Kier molecular flexibility index (Phi) is 3.87. The molecule has 1 aromatic carbocycles. The topological polar surface area (TPSA) is 90.2 Å². The van der Waals surface area contributed by atoms with Crippen molar-refractivity contribution in [2.75, 3.05) is 12.0 Å². The summed E-state index contributed by atoms with van der Waals surface area (Å²) in [5.74, 6) is 0.723. The van der Waals surface area contributed by atoms with Gasteiger partial charge in [0, 0.05) is 11.8 Å². The largest absolute Gasteiger partial charge is 0.494 e. The van der Waals surface area contributed by atoms with Crippen molar-refractivity contribution in [3.63, 3.8) is 0 Å². The van der Waals surface area contributed by atoms with Crippen LogP contribution in [0.4, 0.5) is 5.95 Å². The van der Waals surface area contributed by atoms with Crippen molar-refractivity contribution in [2.24, 2.45) is 0 Å². The van der Waals surface area contributed by atoms with Gasteiger partial charge in [-0.15, -0.1) is 0 Å². The first-order valence-electron chi connectivity index (χ1n) is 5.66. The number of ether oxygens (including phenoxy) is 1. The van der Waals surface area contributed by atoms with E-state index in [1.165, 1.54) is 6.20 Å². The molecule has 0 aliphatic rings. The van der Waals surface area contributed by atoms with E-state index >= 15 is 0 Å². The van der Waals surface area contributed by atoms with Gasteiger partial charge in [0.15, 0.2) is 5.03 Å². The predicted octanol–water partition coefficient (Wildman–Crippen LogP) is 2.15. The van der Waals surface area contributed by atoms with E-state index in [9.17, 15) is 10.1 Å². The molecule has 1 N–H and O–H groups in total. The summed E-state index contributed by atoms with van der Waals surface area (Å²) in [5, 5.41) is 9.63. The average Bonchev–Trinajstić information content (AvgIpc) is 2.39. The van der Waals surface area contributed by atoms with Crippen molar-refractivity contribution in [1.29, 1.82) is 0 Å². The van der Waals surface area contributed by atoms with Gasteiger partial charge in [-0.3, -0.25) is 0 Å². The fourth-order valence-electron chi connectivity index (χ4n) is 1.54. The van der Waals surface area contributed by atoms with E-state index < -0.39 is 5.03 Å². The molecule has 0 saturated carbocycles. The van der Waals surface area contributed by atoms with Crippen LogP contribution in [0.2, 0.25) is 0 Å². The van der Waals surface area contributed by atoms with Gasteiger partial charge in [-0.2, -0.15) is 0 Å². The van der Waals surface area contributed by atoms with Crippen LogP contribution < -0.4 is 10.2 Å². The Balaban J connectivity index is 2.23. The maximum Gasteiger partial charge on any atom is 0.285 e. The normalized spacial score (nSPS) is 9.95. The molecular weight excluding hydrogens is 248 g/mol. The van der Waals surface area contributed by atoms with Crippen molar-refractivity contribution in [3.8, 4) is 17.0 Å². The zero-order chi connectivity index (χ0) is 13.7. The molecule has 0 atom stereocenters. The third kappa shape index (κ3) is 3.38. The van der Waals surface area contributed by atoms with E-state index in [1.807, 2.05) is 36.6 Å². The fourth-order valence-corrected chi connectivity index (χ4v) is 1.54. The Morgan fingerprint density at radius 3 is 2.68 bits per heavy atom. The molecule has 1 heterocycles. The zero-order valence-electron chi connectivity index (χ0n) is 10.2. The number of nitrogens with one attached hydrogen (secondary N) is 1. The molecule has 19 heavy (non-hydrogen) atoms. The fraction of sp³-hybridized carbons (Fsp3) is 0.167. The minimum atomic E-state index is -0.697. The number of hydrogen-bond acceptors (Lipinski definition) is 5. The maximum atomic E-state index is 10.3. The number of rotatable bonds is 5. The summed E-state index contributed by atoms with van der Waals surface area (Å²) >= 11 is 0. The Bertz CT molecular complexity index is 571. The molecule has 0 unspecified atom stereocenters. The standard InChI is InChI=1S/C12H12N4O3/c1-2-19-10-5-3-9(4-6-10)11-7-8-13-12(14-11)15-16(17)18/h3-8H,2H2,1H3,(H,13,14,15). The second-order valence-corrected chi connectivity index (χ2v) is 3.59. The highest BCUT2D eigenvalue weighted by Gasteiger charge is 2.06. The molecule has 0 radical (unpaired) electrons. The quantitative estimate of drug-likeness (QED) is 0.654. The molecule has 7 nitrogen and oxygen atoms in total. The van der Waals surface area contributed by atoms with Crippen molar-refractivity contribution in [2.45, 2.75) is 6.92 Å². The lowest BCUT2D eigenvalue weighted by Gasteiger charge is -2.05. The second kappa shape index (κ2) is 5.76. The smallest absolute Gasteiger partial charge is 0.285 e. The van der Waals surface area contributed by atoms with Crippen molar-refractivity contribution in [3.05, 3.63) is 46.6 Å². The SMILES string of the molecule is CCOc1ccc(-c2ccnc(N[N+](=O)[O-])n2)cc1. The van der Waals surface area contributed by atoms with E-state index in [1.54, 1.807) is 6.07 Å². The van der Waals surface area contributed by atoms with Crippen LogP contribution in [0.25, 0.3) is 11.3 Å². The predicted molar refractivity (Wildman–Crippen MR) is 69.3 cm³/mol. The number of nitrogens with zero attached hydrogens (tertiary/aromatic N) is 3. The lowest BCUT2D eigenvalue weighted by Crippen LogP contribution is -2.10. The average molecular weight is 260 g/mol. The van der Waals surface area contributed by atoms with Crippen LogP contribution in [-0.4, -0.2) is 21.6 Å². The van der Waals surface area contributed by atoms with Gasteiger partial charge in [0.25, 0.3) is 5.95 Å². The van der Waals surface area contributed by atoms with Crippen LogP contribution in [0.15, 0.2) is 36.5 Å². The number of hydrazine groups is 1. The summed E-state index contributed by atoms with van der Waals surface area (Å²) in [6.07, 6.45) is 1.46. The van der Waals surface area contributed by atoms with E-state index in [-0.39, 0.29) is 5.95 Å². The third-order valence-electron chi connectivity index (χ3n) is 2.31. The van der Waals surface area contributed by atoms with Gasteiger partial charge in [0.05, 0.1) is 12.3 Å². The molecule has 0 bridgehead atoms. The van der Waals surface area contributed by atoms with Gasteiger partial charge in [0.2, 0.25) is 0 Å². The lowest BCUT2D eigenvalue weighted by atomic mass is 10.1. The molecular formula is C12H12N4O3. The molecule has 1 aromatic heterocycles. The summed E-state index contributed by atoms with van der Waals surface area (Å²) in [6.45, 7) is 2.51. The Morgan fingerprint density at radius 2 is 2.05 bits per heavy atom. The third-order valence-corrected chi connectivity index (χ3v) is 2.31. The second-order valence-electron chi connectivity index (χ2n) is 3.59. The van der Waals surface area contributed by atoms with Gasteiger partial charge in [-0.1, -0.05) is 5.43 Å². The molecule has 0 saturated heterocycles. The van der Waals surface area contributed by atoms with Crippen LogP contribution in [0.5, 0.6) is 5.75 Å². The number of nitro groups is 1. The van der Waals surface area contributed by atoms with Crippen LogP contribution in [0.3, 0.4) is 0 Å². The van der Waals surface area contributed by atoms with E-state index in [2.05, 4.69) is 9.97 Å². The first-order valence-corrected chi connectivity index (χ1v) is 5.66. The van der Waals surface area contributed by atoms with Crippen LogP contribution in [0.1, 0.15) is 6.92 Å². The monoisotopic (exact) mass is 260 g/mol. The number of hydrogen-bond donors (Lipinski definition) is 1. The van der Waals surface area contributed by atoms with Gasteiger partial charge in [-0.25, -0.2) is 20.1 Å². The van der Waals surface area contributed by atoms with Gasteiger partial charge < -0.3 is 4.74 Å². The molecule has 0 amide bonds. The van der Waals surface area contributed by atoms with Crippen molar-refractivity contribution >= 4 is 5.95 Å². The van der Waals surface area contributed by atoms with Crippen molar-refractivity contribution in [1.82, 2.24) is 9.97 Å². The van der Waals surface area contributed by atoms with E-state index in [4.69, 9.17) is 4.74 Å². The molecule has 2 aromatic rings. The van der Waals surface area contributed by atoms with E-state index in [0.717, 1.165) is 11.3 Å². The highest BCUT2D eigenvalue weighted by atomic mass is 16.7. The van der Waals surface area contributed by atoms with Gasteiger partial charge in [-0.05, 0) is 37.3 Å². The lowest BCUT2D eigenvalue weighted by molar-refractivity contribution is -0.446. The Labute approximate surface area is 109 Å². The van der Waals surface area contributed by atoms with Crippen molar-refractivity contribution < 1.29 is 9.77 Å². The Hall–Kier alpha value is -2.70. The van der Waals surface area contributed by atoms with Crippen LogP contribution >= 0.6 is 0 Å². The molecule has 2 rings (SSSR count). The molecule has 0 fully saturated rings. The number of aromatic nitrogens is 2. The summed E-state index contributed by atoms with van der Waals surface area (Å²) in [6, 6.07) is 9.00. The highest BCUT2D eigenvalue weighted by molar-refractivity contribution is 5.60. The van der Waals surface area contributed by atoms with Crippen LogP contribution in [0, 0.1) is 10.1 Å². The summed E-state index contributed by atoms with van der Waals surface area (Å²) < 4.78 is 5.34. The number of anilines is 1. The molecule has 0 aliphatic heterocycles. The molecule has 98 valence electrons. The molecule has 0 spiro atoms. The summed E-state index contributed by atoms with van der Waals surface area (Å²) in [5.41, 5.74) is 3.35. The maximum absolute atomic E-state index is 10.3. The van der Waals surface area contributed by atoms with Gasteiger partial charge >= 0.3 is 0 Å². The minimum Gasteiger partial charge on any atom is -0.494 e. The molecule has 7 heteroatoms. The van der Waals surface area contributed by atoms with Gasteiger partial charge in [0.1, 0.15) is 5.75 Å². The zero-order valence-corrected chi connectivity index (χ0v) is 10.2. The first-order chi connectivity index (χ1) is 9.19. The van der Waals surface area contributed by atoms with E-state index in [0.29, 0.717) is 12.3 Å². The highest BCUT2D eigenvalue weighted by Crippen LogP contribution is 2.21.